The number of nitro benzene ring substituents is 1. The van der Waals surface area contributed by atoms with Gasteiger partial charge >= 0.3 is 0 Å². The molecule has 4 rings (SSSR count). The normalized spacial score (nSPS) is 18.2. The molecule has 1 heterocycles. The van der Waals surface area contributed by atoms with E-state index in [2.05, 4.69) is 6.07 Å². The molecule has 0 amide bonds. The first-order valence-electron chi connectivity index (χ1n) is 9.44. The summed E-state index contributed by atoms with van der Waals surface area (Å²) >= 11 is 6.08. The number of hydrogen-bond donors (Lipinski definition) is 1. The number of carbonyl (C=O) groups is 1. The Balaban J connectivity index is 1.65. The highest BCUT2D eigenvalue weighted by Gasteiger charge is 2.37. The highest BCUT2D eigenvalue weighted by molar-refractivity contribution is 6.32. The van der Waals surface area contributed by atoms with E-state index in [4.69, 9.17) is 26.8 Å². The van der Waals surface area contributed by atoms with Crippen LogP contribution in [0.15, 0.2) is 65.3 Å². The molecule has 31 heavy (non-hydrogen) atoms. The van der Waals surface area contributed by atoms with Crippen molar-refractivity contribution in [2.45, 2.75) is 25.2 Å². The van der Waals surface area contributed by atoms with Gasteiger partial charge < -0.3 is 15.2 Å². The second-order valence-electron chi connectivity index (χ2n) is 7.08. The van der Waals surface area contributed by atoms with Gasteiger partial charge in [0.1, 0.15) is 28.9 Å². The average molecular weight is 438 g/mol. The minimum absolute atomic E-state index is 0.0129. The summed E-state index contributed by atoms with van der Waals surface area (Å²) in [6.07, 6.45) is 1.68. The van der Waals surface area contributed by atoms with E-state index in [9.17, 15) is 20.2 Å². The van der Waals surface area contributed by atoms with E-state index in [-0.39, 0.29) is 33.7 Å². The largest absolute Gasteiger partial charge is 0.456 e. The number of nitrogens with two attached hydrogens (primary N) is 1. The Morgan fingerprint density at radius 1 is 1.23 bits per heavy atom. The Hall–Kier alpha value is -3.83. The summed E-state index contributed by atoms with van der Waals surface area (Å²) in [5.41, 5.74) is 7.19. The van der Waals surface area contributed by atoms with Gasteiger partial charge in [0.25, 0.3) is 5.69 Å². The summed E-state index contributed by atoms with van der Waals surface area (Å²) in [6.45, 7) is 0. The van der Waals surface area contributed by atoms with Gasteiger partial charge in [-0.25, -0.2) is 0 Å². The molecule has 0 unspecified atom stereocenters. The predicted molar refractivity (Wildman–Crippen MR) is 111 cm³/mol. The third-order valence-electron chi connectivity index (χ3n) is 5.17. The Morgan fingerprint density at radius 3 is 2.61 bits per heavy atom. The standard InChI is InChI=1S/C22H16ClN3O5/c23-16-10-13(26(28)29)6-9-18(16)30-14-7-4-12(5-8-14)20-15(11-24)22(25)31-19-3-1-2-17(27)21(19)20/h4-10,20H,1-3,25H2/t20-/m0/s1. The smallest absolute Gasteiger partial charge is 0.271 e. The molecule has 0 saturated heterocycles. The molecule has 1 aliphatic heterocycles. The number of carbonyl (C=O) groups excluding carboxylic acids is 1. The van der Waals surface area contributed by atoms with Crippen molar-refractivity contribution in [3.63, 3.8) is 0 Å². The zero-order valence-corrected chi connectivity index (χ0v) is 16.9. The first-order valence-corrected chi connectivity index (χ1v) is 9.82. The number of non-ortho nitro benzene ring substituents is 1. The molecule has 0 fully saturated rings. The molecule has 1 atom stereocenters. The number of benzene rings is 2. The van der Waals surface area contributed by atoms with Crippen LogP contribution in [0, 0.1) is 21.4 Å². The van der Waals surface area contributed by atoms with Crippen molar-refractivity contribution in [2.24, 2.45) is 5.73 Å². The van der Waals surface area contributed by atoms with Crippen LogP contribution in [0.3, 0.4) is 0 Å². The zero-order chi connectivity index (χ0) is 22.1. The van der Waals surface area contributed by atoms with E-state index >= 15 is 0 Å². The quantitative estimate of drug-likeness (QED) is 0.534. The lowest BCUT2D eigenvalue weighted by molar-refractivity contribution is -0.384. The molecule has 2 aromatic rings. The van der Waals surface area contributed by atoms with Crippen LogP contribution in [0.1, 0.15) is 30.7 Å². The van der Waals surface area contributed by atoms with Gasteiger partial charge in [0.2, 0.25) is 5.88 Å². The van der Waals surface area contributed by atoms with Crippen LogP contribution in [0.5, 0.6) is 11.5 Å². The molecule has 1 aliphatic carbocycles. The van der Waals surface area contributed by atoms with Gasteiger partial charge in [0, 0.05) is 30.5 Å². The zero-order valence-electron chi connectivity index (χ0n) is 16.1. The van der Waals surface area contributed by atoms with Crippen LogP contribution >= 0.6 is 11.6 Å². The number of nitriles is 1. The molecule has 156 valence electrons. The molecular formula is C22H16ClN3O5. The van der Waals surface area contributed by atoms with Crippen molar-refractivity contribution in [1.29, 1.82) is 5.26 Å². The van der Waals surface area contributed by atoms with E-state index in [1.165, 1.54) is 18.2 Å². The van der Waals surface area contributed by atoms with Crippen LogP contribution in [0.4, 0.5) is 5.69 Å². The molecule has 0 saturated carbocycles. The molecule has 0 bridgehead atoms. The van der Waals surface area contributed by atoms with Gasteiger partial charge in [-0.3, -0.25) is 14.9 Å². The molecule has 0 aromatic heterocycles. The van der Waals surface area contributed by atoms with E-state index in [1.807, 2.05) is 0 Å². The van der Waals surface area contributed by atoms with Crippen LogP contribution in [0.2, 0.25) is 5.02 Å². The van der Waals surface area contributed by atoms with E-state index in [0.717, 1.165) is 0 Å². The van der Waals surface area contributed by atoms with Crippen LogP contribution < -0.4 is 10.5 Å². The molecule has 0 radical (unpaired) electrons. The highest BCUT2D eigenvalue weighted by Crippen LogP contribution is 2.43. The predicted octanol–water partition coefficient (Wildman–Crippen LogP) is 4.86. The van der Waals surface area contributed by atoms with Gasteiger partial charge in [-0.1, -0.05) is 23.7 Å². The minimum Gasteiger partial charge on any atom is -0.456 e. The van der Waals surface area contributed by atoms with Crippen molar-refractivity contribution < 1.29 is 19.2 Å². The van der Waals surface area contributed by atoms with Gasteiger partial charge in [0.05, 0.1) is 15.9 Å². The Kier molecular flexibility index (Phi) is 5.36. The fourth-order valence-electron chi connectivity index (χ4n) is 3.73. The van der Waals surface area contributed by atoms with Crippen LogP contribution in [-0.4, -0.2) is 10.7 Å². The molecule has 2 aliphatic rings. The second-order valence-corrected chi connectivity index (χ2v) is 7.49. The van der Waals surface area contributed by atoms with Crippen molar-refractivity contribution in [1.82, 2.24) is 0 Å². The Labute approximate surface area is 182 Å². The number of nitro groups is 1. The molecule has 2 N–H and O–H groups in total. The van der Waals surface area contributed by atoms with Crippen LogP contribution in [-0.2, 0) is 9.53 Å². The van der Waals surface area contributed by atoms with Gasteiger partial charge in [-0.15, -0.1) is 0 Å². The lowest BCUT2D eigenvalue weighted by Crippen LogP contribution is -2.27. The first kappa shape index (κ1) is 20.4. The monoisotopic (exact) mass is 437 g/mol. The fourth-order valence-corrected chi connectivity index (χ4v) is 3.94. The SMILES string of the molecule is N#CC1=C(N)OC2=C(C(=O)CCC2)[C@H]1c1ccc(Oc2ccc([N+](=O)[O-])cc2Cl)cc1. The van der Waals surface area contributed by atoms with Crippen LogP contribution in [0.25, 0.3) is 0 Å². The van der Waals surface area contributed by atoms with E-state index in [0.29, 0.717) is 41.9 Å². The maximum atomic E-state index is 12.6. The number of halogens is 1. The molecule has 2 aromatic carbocycles. The highest BCUT2D eigenvalue weighted by atomic mass is 35.5. The summed E-state index contributed by atoms with van der Waals surface area (Å²) in [5.74, 6) is 0.587. The number of ketones is 1. The van der Waals surface area contributed by atoms with E-state index in [1.54, 1.807) is 24.3 Å². The summed E-state index contributed by atoms with van der Waals surface area (Å²) in [7, 11) is 0. The number of hydrogen-bond acceptors (Lipinski definition) is 7. The summed E-state index contributed by atoms with van der Waals surface area (Å²) in [6, 6.07) is 12.8. The topological polar surface area (TPSA) is 128 Å². The molecular weight excluding hydrogens is 422 g/mol. The van der Waals surface area contributed by atoms with Crippen molar-refractivity contribution in [3.05, 3.63) is 86.0 Å². The minimum atomic E-state index is -0.599. The van der Waals surface area contributed by atoms with E-state index < -0.39 is 10.8 Å². The van der Waals surface area contributed by atoms with Gasteiger partial charge in [-0.2, -0.15) is 5.26 Å². The number of allylic oxidation sites excluding steroid dienone is 3. The maximum absolute atomic E-state index is 12.6. The maximum Gasteiger partial charge on any atom is 0.271 e. The second kappa shape index (κ2) is 8.13. The summed E-state index contributed by atoms with van der Waals surface area (Å²) in [5, 5.41) is 20.6. The number of Topliss-reactive ketones (excluding diaryl/α,β-unsaturated/α-hetero) is 1. The molecule has 9 heteroatoms. The Morgan fingerprint density at radius 2 is 1.97 bits per heavy atom. The Bertz CT molecular complexity index is 1190. The third-order valence-corrected chi connectivity index (χ3v) is 5.47. The average Bonchev–Trinajstić information content (AvgIpc) is 2.75. The summed E-state index contributed by atoms with van der Waals surface area (Å²) in [4.78, 5) is 22.9. The van der Waals surface area contributed by atoms with Crippen molar-refractivity contribution in [3.8, 4) is 17.6 Å². The molecule has 0 spiro atoms. The van der Waals surface area contributed by atoms with Gasteiger partial charge in [-0.05, 0) is 30.2 Å². The fraction of sp³-hybridized carbons (Fsp3) is 0.182. The summed E-state index contributed by atoms with van der Waals surface area (Å²) < 4.78 is 11.3. The van der Waals surface area contributed by atoms with Gasteiger partial charge in [0.15, 0.2) is 5.78 Å². The number of nitrogens with zero attached hydrogens (tertiary/aromatic N) is 2. The lowest BCUT2D eigenvalue weighted by atomic mass is 9.77. The first-order chi connectivity index (χ1) is 14.9. The lowest BCUT2D eigenvalue weighted by Gasteiger charge is -2.31. The van der Waals surface area contributed by atoms with Crippen molar-refractivity contribution >= 4 is 23.1 Å². The molecule has 8 nitrogen and oxygen atoms in total. The third kappa shape index (κ3) is 3.83. The van der Waals surface area contributed by atoms with Crippen molar-refractivity contribution in [2.75, 3.05) is 0 Å². The number of ether oxygens (including phenoxy) is 2. The number of rotatable bonds is 4.